The molecule has 5 nitrogen and oxygen atoms in total. The van der Waals surface area contributed by atoms with Crippen LogP contribution in [0.5, 0.6) is 0 Å². The van der Waals surface area contributed by atoms with E-state index in [1.165, 1.54) is 11.8 Å². The lowest BCUT2D eigenvalue weighted by Crippen LogP contribution is -2.24. The molecule has 1 fully saturated rings. The SMILES string of the molecule is Cc1ccccc1C(C#N)=C1C=CC(=NOS(=O)(=O)C2CCCCC2)S1. The molecule has 0 unspecified atom stereocenters. The lowest BCUT2D eigenvalue weighted by Gasteiger charge is -2.19. The minimum atomic E-state index is -3.69. The summed E-state index contributed by atoms with van der Waals surface area (Å²) in [5.74, 6) is 0. The second kappa shape index (κ2) is 8.11. The zero-order chi connectivity index (χ0) is 18.6. The second-order valence-corrected chi connectivity index (χ2v) is 9.22. The van der Waals surface area contributed by atoms with Gasteiger partial charge in [-0.25, -0.2) is 0 Å². The highest BCUT2D eigenvalue weighted by atomic mass is 32.2. The fourth-order valence-electron chi connectivity index (χ4n) is 3.12. The topological polar surface area (TPSA) is 79.5 Å². The maximum atomic E-state index is 12.3. The first-order valence-electron chi connectivity index (χ1n) is 8.58. The summed E-state index contributed by atoms with van der Waals surface area (Å²) in [7, 11) is -3.69. The predicted octanol–water partition coefficient (Wildman–Crippen LogP) is 4.53. The molecule has 0 amide bonds. The molecule has 0 N–H and O–H groups in total. The summed E-state index contributed by atoms with van der Waals surface area (Å²) in [5, 5.41) is 13.3. The van der Waals surface area contributed by atoms with Crippen LogP contribution in [0.1, 0.15) is 43.2 Å². The van der Waals surface area contributed by atoms with Crippen molar-refractivity contribution in [1.29, 1.82) is 5.26 Å². The van der Waals surface area contributed by atoms with Gasteiger partial charge in [-0.3, -0.25) is 4.28 Å². The molecule has 1 saturated carbocycles. The average Bonchev–Trinajstić information content (AvgIpc) is 3.12. The van der Waals surface area contributed by atoms with Crippen LogP contribution in [-0.2, 0) is 14.4 Å². The van der Waals surface area contributed by atoms with Gasteiger partial charge in [0.2, 0.25) is 0 Å². The number of allylic oxidation sites excluding steroid dienone is 2. The van der Waals surface area contributed by atoms with Gasteiger partial charge in [-0.15, -0.1) is 0 Å². The van der Waals surface area contributed by atoms with Crippen molar-refractivity contribution in [2.24, 2.45) is 5.16 Å². The standard InChI is InChI=1S/C19H20N2O3S2/c1-14-7-5-6-10-16(14)17(13-20)18-11-12-19(25-18)21-24-26(22,23)15-8-3-2-4-9-15/h5-7,10-12,15H,2-4,8-9H2,1H3. The minimum Gasteiger partial charge on any atom is -0.267 e. The highest BCUT2D eigenvalue weighted by Gasteiger charge is 2.29. The first-order valence-corrected chi connectivity index (χ1v) is 10.9. The third-order valence-electron chi connectivity index (χ3n) is 4.56. The Morgan fingerprint density at radius 1 is 1.23 bits per heavy atom. The van der Waals surface area contributed by atoms with E-state index in [4.69, 9.17) is 4.28 Å². The van der Waals surface area contributed by atoms with Crippen molar-refractivity contribution in [2.45, 2.75) is 44.3 Å². The van der Waals surface area contributed by atoms with Gasteiger partial charge < -0.3 is 0 Å². The molecule has 3 rings (SSSR count). The Labute approximate surface area is 158 Å². The van der Waals surface area contributed by atoms with E-state index in [0.29, 0.717) is 23.5 Å². The Kier molecular flexibility index (Phi) is 5.84. The summed E-state index contributed by atoms with van der Waals surface area (Å²) in [5.41, 5.74) is 2.41. The minimum absolute atomic E-state index is 0.431. The van der Waals surface area contributed by atoms with E-state index in [9.17, 15) is 13.7 Å². The van der Waals surface area contributed by atoms with Crippen molar-refractivity contribution in [2.75, 3.05) is 0 Å². The van der Waals surface area contributed by atoms with Crippen LogP contribution in [0.4, 0.5) is 0 Å². The van der Waals surface area contributed by atoms with E-state index in [0.717, 1.165) is 35.3 Å². The molecule has 2 aliphatic rings. The quantitative estimate of drug-likeness (QED) is 0.559. The van der Waals surface area contributed by atoms with Crippen LogP contribution in [-0.4, -0.2) is 18.7 Å². The molecule has 1 aromatic rings. The van der Waals surface area contributed by atoms with Crippen molar-refractivity contribution in [3.05, 3.63) is 52.4 Å². The smallest absolute Gasteiger partial charge is 0.267 e. The Balaban J connectivity index is 1.76. The van der Waals surface area contributed by atoms with Gasteiger partial charge in [-0.2, -0.15) is 13.7 Å². The first-order chi connectivity index (χ1) is 12.5. The van der Waals surface area contributed by atoms with E-state index >= 15 is 0 Å². The maximum Gasteiger partial charge on any atom is 0.331 e. The largest absolute Gasteiger partial charge is 0.331 e. The zero-order valence-corrected chi connectivity index (χ0v) is 16.1. The number of aryl methyl sites for hydroxylation is 1. The number of hydrogen-bond donors (Lipinski definition) is 0. The molecule has 0 spiro atoms. The van der Waals surface area contributed by atoms with E-state index in [1.54, 1.807) is 12.2 Å². The summed E-state index contributed by atoms with van der Waals surface area (Å²) in [6.45, 7) is 1.95. The lowest BCUT2D eigenvalue weighted by atomic mass is 10.0. The Morgan fingerprint density at radius 2 is 1.96 bits per heavy atom. The number of benzene rings is 1. The van der Waals surface area contributed by atoms with Gasteiger partial charge >= 0.3 is 10.1 Å². The summed E-state index contributed by atoms with van der Waals surface area (Å²) in [6.07, 6.45) is 7.60. The van der Waals surface area contributed by atoms with Crippen molar-refractivity contribution in [3.8, 4) is 6.07 Å². The number of nitriles is 1. The third-order valence-corrected chi connectivity index (χ3v) is 7.11. The van der Waals surface area contributed by atoms with Crippen LogP contribution >= 0.6 is 11.8 Å². The second-order valence-electron chi connectivity index (χ2n) is 6.36. The monoisotopic (exact) mass is 388 g/mol. The van der Waals surface area contributed by atoms with Crippen LogP contribution in [0.25, 0.3) is 5.57 Å². The van der Waals surface area contributed by atoms with Crippen molar-refractivity contribution < 1.29 is 12.7 Å². The van der Waals surface area contributed by atoms with Gasteiger partial charge in [-0.1, -0.05) is 60.4 Å². The van der Waals surface area contributed by atoms with Crippen LogP contribution in [0.15, 0.2) is 46.5 Å². The van der Waals surface area contributed by atoms with Crippen molar-refractivity contribution >= 4 is 32.5 Å². The number of rotatable bonds is 4. The molecule has 26 heavy (non-hydrogen) atoms. The Bertz CT molecular complexity index is 918. The molecular weight excluding hydrogens is 368 g/mol. The average molecular weight is 389 g/mol. The zero-order valence-electron chi connectivity index (χ0n) is 14.5. The van der Waals surface area contributed by atoms with Crippen LogP contribution in [0.3, 0.4) is 0 Å². The molecule has 0 saturated heterocycles. The van der Waals surface area contributed by atoms with Crippen molar-refractivity contribution in [3.63, 3.8) is 0 Å². The van der Waals surface area contributed by atoms with Crippen LogP contribution in [0, 0.1) is 18.3 Å². The van der Waals surface area contributed by atoms with Crippen LogP contribution in [0.2, 0.25) is 0 Å². The summed E-state index contributed by atoms with van der Waals surface area (Å²) in [6, 6.07) is 9.90. The highest BCUT2D eigenvalue weighted by Crippen LogP contribution is 2.35. The van der Waals surface area contributed by atoms with E-state index < -0.39 is 15.4 Å². The van der Waals surface area contributed by atoms with E-state index in [1.807, 2.05) is 31.2 Å². The Morgan fingerprint density at radius 3 is 2.65 bits per heavy atom. The number of oxime groups is 1. The van der Waals surface area contributed by atoms with Gasteiger partial charge in [0.05, 0.1) is 10.8 Å². The molecule has 1 heterocycles. The molecule has 1 aliphatic carbocycles. The summed E-state index contributed by atoms with van der Waals surface area (Å²) >= 11 is 1.24. The summed E-state index contributed by atoms with van der Waals surface area (Å²) in [4.78, 5) is 0.735. The molecule has 0 bridgehead atoms. The van der Waals surface area contributed by atoms with Gasteiger partial charge in [-0.05, 0) is 43.0 Å². The fraction of sp³-hybridized carbons (Fsp3) is 0.368. The molecule has 0 aromatic heterocycles. The van der Waals surface area contributed by atoms with Gasteiger partial charge in [0.15, 0.2) is 0 Å². The van der Waals surface area contributed by atoms with Gasteiger partial charge in [0.25, 0.3) is 0 Å². The lowest BCUT2D eigenvalue weighted by molar-refractivity contribution is 0.322. The molecule has 136 valence electrons. The molecule has 7 heteroatoms. The maximum absolute atomic E-state index is 12.3. The first kappa shape index (κ1) is 18.7. The van der Waals surface area contributed by atoms with E-state index in [2.05, 4.69) is 11.2 Å². The van der Waals surface area contributed by atoms with E-state index in [-0.39, 0.29) is 0 Å². The Hall–Kier alpha value is -2.04. The van der Waals surface area contributed by atoms with Crippen molar-refractivity contribution in [1.82, 2.24) is 0 Å². The molecule has 1 aromatic carbocycles. The molecule has 0 atom stereocenters. The van der Waals surface area contributed by atoms with Crippen LogP contribution < -0.4 is 0 Å². The van der Waals surface area contributed by atoms with Gasteiger partial charge in [0.1, 0.15) is 11.1 Å². The number of thioether (sulfide) groups is 1. The van der Waals surface area contributed by atoms with Gasteiger partial charge in [0, 0.05) is 4.91 Å². The normalized spacial score (nSPS) is 21.6. The number of hydrogen-bond acceptors (Lipinski definition) is 6. The molecular formula is C19H20N2O3S2. The third kappa shape index (κ3) is 4.19. The number of nitrogens with zero attached hydrogens (tertiary/aromatic N) is 2. The molecule has 1 aliphatic heterocycles. The fourth-order valence-corrected chi connectivity index (χ4v) is 5.21. The molecule has 0 radical (unpaired) electrons. The summed E-state index contributed by atoms with van der Waals surface area (Å²) < 4.78 is 29.4. The highest BCUT2D eigenvalue weighted by molar-refractivity contribution is 8.18. The predicted molar refractivity (Wildman–Crippen MR) is 105 cm³/mol.